The third-order valence-corrected chi connectivity index (χ3v) is 10.3. The number of ketones is 1. The molecule has 3 heterocycles. The molecular weight excluding hydrogens is 557 g/mol. The highest BCUT2D eigenvalue weighted by Gasteiger charge is 2.57. The van der Waals surface area contributed by atoms with Gasteiger partial charge in [-0.25, -0.2) is 4.39 Å². The van der Waals surface area contributed by atoms with Crippen molar-refractivity contribution in [3.05, 3.63) is 71.7 Å². The van der Waals surface area contributed by atoms with E-state index in [2.05, 4.69) is 44.6 Å². The zero-order valence-corrected chi connectivity index (χ0v) is 24.9. The summed E-state index contributed by atoms with van der Waals surface area (Å²) in [7, 11) is 2.15. The van der Waals surface area contributed by atoms with Crippen LogP contribution >= 0.6 is 0 Å². The molecule has 228 valence electrons. The van der Waals surface area contributed by atoms with Crippen molar-refractivity contribution in [1.82, 2.24) is 19.9 Å². The second-order valence-corrected chi connectivity index (χ2v) is 13.7. The van der Waals surface area contributed by atoms with Crippen LogP contribution in [0.25, 0.3) is 11.0 Å². The second-order valence-electron chi connectivity index (χ2n) is 13.7. The second kappa shape index (κ2) is 10.3. The summed E-state index contributed by atoms with van der Waals surface area (Å²) in [6.07, 6.45) is 7.17. The number of carbonyl (C=O) groups is 1. The Kier molecular flexibility index (Phi) is 6.43. The maximum absolute atomic E-state index is 13.7. The van der Waals surface area contributed by atoms with Gasteiger partial charge in [0.1, 0.15) is 17.3 Å². The average Bonchev–Trinajstić information content (AvgIpc) is 3.41. The molecule has 4 N–H and O–H groups in total. The summed E-state index contributed by atoms with van der Waals surface area (Å²) < 4.78 is 13.6. The van der Waals surface area contributed by atoms with E-state index in [0.717, 1.165) is 57.5 Å². The maximum Gasteiger partial charge on any atom is 0.231 e. The van der Waals surface area contributed by atoms with Crippen LogP contribution in [-0.2, 0) is 0 Å². The molecule has 2 aromatic carbocycles. The molecule has 2 aromatic heterocycles. The number of halogens is 1. The fourth-order valence-electron chi connectivity index (χ4n) is 8.68. The number of hydrogen-bond donors (Lipinski definition) is 4. The number of aromatic nitrogens is 3. The number of aromatic amines is 1. The fourth-order valence-corrected chi connectivity index (χ4v) is 8.68. The average molecular weight is 596 g/mol. The van der Waals surface area contributed by atoms with Crippen LogP contribution in [-0.4, -0.2) is 75.1 Å². The number of H-pyrrole nitrogens is 1. The van der Waals surface area contributed by atoms with Gasteiger partial charge in [-0.2, -0.15) is 9.97 Å². The summed E-state index contributed by atoms with van der Waals surface area (Å²) in [5.41, 5.74) is 2.47. The minimum Gasteiger partial charge on any atom is -0.390 e. The predicted octanol–water partition coefficient (Wildman–Crippen LogP) is 5.32. The Hall–Kier alpha value is -4.02. The van der Waals surface area contributed by atoms with Crippen LogP contribution in [0.2, 0.25) is 0 Å². The first-order chi connectivity index (χ1) is 21.2. The van der Waals surface area contributed by atoms with Gasteiger partial charge in [-0.05, 0) is 106 Å². The van der Waals surface area contributed by atoms with E-state index in [1.807, 2.05) is 12.1 Å². The molecule has 1 saturated heterocycles. The SMILES string of the molecule is CN1CCN(c2ccc(Nc3nc(NC45C[C@@H]6C[C@@H](CC(O)(C6)C4)C5)c4c(C(=O)c5ccc(F)cc5)c[nH]c4n3)cc2)CC1. The lowest BCUT2D eigenvalue weighted by Gasteiger charge is -2.60. The van der Waals surface area contributed by atoms with Gasteiger partial charge in [0.25, 0.3) is 0 Å². The summed E-state index contributed by atoms with van der Waals surface area (Å²) in [5, 5.41) is 19.2. The molecule has 44 heavy (non-hydrogen) atoms. The van der Waals surface area contributed by atoms with Crippen LogP contribution in [0.4, 0.5) is 27.5 Å². The first kappa shape index (κ1) is 27.5. The molecule has 4 atom stereocenters. The molecule has 0 amide bonds. The van der Waals surface area contributed by atoms with E-state index in [-0.39, 0.29) is 11.3 Å². The summed E-state index contributed by atoms with van der Waals surface area (Å²) in [5.74, 6) is 1.33. The van der Waals surface area contributed by atoms with E-state index < -0.39 is 11.4 Å². The molecule has 5 aliphatic rings. The van der Waals surface area contributed by atoms with E-state index in [4.69, 9.17) is 9.97 Å². The minimum atomic E-state index is -0.652. The molecule has 9 nitrogen and oxygen atoms in total. The number of rotatable bonds is 7. The molecule has 1 aliphatic heterocycles. The summed E-state index contributed by atoms with van der Waals surface area (Å²) in [6, 6.07) is 13.9. The van der Waals surface area contributed by atoms with Crippen LogP contribution in [0, 0.1) is 17.7 Å². The van der Waals surface area contributed by atoms with Gasteiger partial charge in [0.2, 0.25) is 5.95 Å². The van der Waals surface area contributed by atoms with E-state index in [9.17, 15) is 14.3 Å². The highest BCUT2D eigenvalue weighted by molar-refractivity contribution is 6.18. The molecular formula is C34H38FN7O2. The Balaban J connectivity index is 1.14. The number of benzene rings is 2. The van der Waals surface area contributed by atoms with Crippen molar-refractivity contribution in [3.63, 3.8) is 0 Å². The number of hydrogen-bond acceptors (Lipinski definition) is 8. The molecule has 5 fully saturated rings. The zero-order chi connectivity index (χ0) is 30.1. The third-order valence-electron chi connectivity index (χ3n) is 10.3. The number of anilines is 4. The topological polar surface area (TPSA) is 109 Å². The normalized spacial score (nSPS) is 28.0. The van der Waals surface area contributed by atoms with E-state index in [1.165, 1.54) is 36.4 Å². The molecule has 4 bridgehead atoms. The number of nitrogens with one attached hydrogen (secondary N) is 3. The predicted molar refractivity (Wildman–Crippen MR) is 169 cm³/mol. The Labute approximate surface area is 255 Å². The maximum atomic E-state index is 13.7. The Bertz CT molecular complexity index is 1700. The van der Waals surface area contributed by atoms with Gasteiger partial charge < -0.3 is 30.5 Å². The van der Waals surface area contributed by atoms with E-state index in [1.54, 1.807) is 6.20 Å². The number of carbonyl (C=O) groups excluding carboxylic acids is 1. The Morgan fingerprint density at radius 1 is 0.977 bits per heavy atom. The summed E-state index contributed by atoms with van der Waals surface area (Å²) in [4.78, 5) is 31.4. The van der Waals surface area contributed by atoms with Crippen LogP contribution in [0.15, 0.2) is 54.7 Å². The molecule has 10 heteroatoms. The third kappa shape index (κ3) is 4.99. The van der Waals surface area contributed by atoms with Gasteiger partial charge >= 0.3 is 0 Å². The largest absolute Gasteiger partial charge is 0.390 e. The van der Waals surface area contributed by atoms with Gasteiger partial charge in [0, 0.05) is 54.9 Å². The van der Waals surface area contributed by atoms with Crippen molar-refractivity contribution in [1.29, 1.82) is 0 Å². The first-order valence-electron chi connectivity index (χ1n) is 15.7. The standard InChI is InChI=1S/C34H38FN7O2/c1-41-10-12-42(13-11-41)26-8-6-25(7-9-26)37-32-38-30-28(27(19-36-30)29(43)23-2-4-24(35)5-3-23)31(39-32)40-33-15-21-14-22(16-33)18-34(44,17-21)20-33/h2-9,19,21-22,44H,10-18,20H2,1H3,(H3,36,37,38,39,40)/t21-,22+,33?,34?. The van der Waals surface area contributed by atoms with Crippen LogP contribution < -0.4 is 15.5 Å². The molecule has 4 saturated carbocycles. The molecule has 0 radical (unpaired) electrons. The number of nitrogens with zero attached hydrogens (tertiary/aromatic N) is 4. The lowest BCUT2D eigenvalue weighted by molar-refractivity contribution is -0.127. The van der Waals surface area contributed by atoms with Crippen LogP contribution in [0.1, 0.15) is 54.4 Å². The van der Waals surface area contributed by atoms with Crippen molar-refractivity contribution in [2.45, 2.75) is 49.7 Å². The smallest absolute Gasteiger partial charge is 0.231 e. The quantitative estimate of drug-likeness (QED) is 0.213. The van der Waals surface area contributed by atoms with Gasteiger partial charge in [-0.1, -0.05) is 0 Å². The number of aliphatic hydroxyl groups is 1. The Morgan fingerprint density at radius 3 is 2.36 bits per heavy atom. The summed E-state index contributed by atoms with van der Waals surface area (Å²) >= 11 is 0. The van der Waals surface area contributed by atoms with Crippen molar-refractivity contribution in [2.75, 3.05) is 48.8 Å². The van der Waals surface area contributed by atoms with Crippen LogP contribution in [0.5, 0.6) is 0 Å². The molecule has 0 spiro atoms. The van der Waals surface area contributed by atoms with Crippen molar-refractivity contribution >= 4 is 40.0 Å². The summed E-state index contributed by atoms with van der Waals surface area (Å²) in [6.45, 7) is 4.10. The van der Waals surface area contributed by atoms with Crippen molar-refractivity contribution < 1.29 is 14.3 Å². The highest BCUT2D eigenvalue weighted by Crippen LogP contribution is 2.58. The molecule has 4 aliphatic carbocycles. The number of piperazine rings is 1. The van der Waals surface area contributed by atoms with Crippen LogP contribution in [0.3, 0.4) is 0 Å². The van der Waals surface area contributed by atoms with E-state index >= 15 is 0 Å². The van der Waals surface area contributed by atoms with Crippen molar-refractivity contribution in [3.8, 4) is 0 Å². The van der Waals surface area contributed by atoms with Gasteiger partial charge in [0.05, 0.1) is 16.6 Å². The van der Waals surface area contributed by atoms with Crippen molar-refractivity contribution in [2.24, 2.45) is 11.8 Å². The number of fused-ring (bicyclic) bond motifs is 1. The lowest BCUT2D eigenvalue weighted by atomic mass is 9.51. The molecule has 2 unspecified atom stereocenters. The highest BCUT2D eigenvalue weighted by atomic mass is 19.1. The molecule has 9 rings (SSSR count). The van der Waals surface area contributed by atoms with Gasteiger partial charge in [0.15, 0.2) is 5.78 Å². The van der Waals surface area contributed by atoms with Gasteiger partial charge in [-0.15, -0.1) is 0 Å². The fraction of sp³-hybridized carbons (Fsp3) is 0.441. The van der Waals surface area contributed by atoms with E-state index in [0.29, 0.717) is 52.2 Å². The Morgan fingerprint density at radius 2 is 1.68 bits per heavy atom. The lowest BCUT2D eigenvalue weighted by Crippen LogP contribution is -2.62. The zero-order valence-electron chi connectivity index (χ0n) is 24.9. The minimum absolute atomic E-state index is 0.229. The first-order valence-corrected chi connectivity index (χ1v) is 15.7. The molecule has 4 aromatic rings. The monoisotopic (exact) mass is 595 g/mol. The van der Waals surface area contributed by atoms with Gasteiger partial charge in [-0.3, -0.25) is 4.79 Å². The number of likely N-dealkylation sites (N-methyl/N-ethyl adjacent to an activating group) is 1.